The molecule has 0 radical (unpaired) electrons. The van der Waals surface area contributed by atoms with Crippen molar-refractivity contribution >= 4 is 22.5 Å². The highest BCUT2D eigenvalue weighted by Crippen LogP contribution is 2.25. The molecule has 3 aromatic carbocycles. The van der Waals surface area contributed by atoms with E-state index < -0.39 is 5.91 Å². The Morgan fingerprint density at radius 1 is 0.897 bits per heavy atom. The van der Waals surface area contributed by atoms with E-state index in [2.05, 4.69) is 5.32 Å². The van der Waals surface area contributed by atoms with Crippen LogP contribution in [0.15, 0.2) is 83.8 Å². The average Bonchev–Trinajstić information content (AvgIpc) is 3.17. The molecule has 1 aliphatic rings. The van der Waals surface area contributed by atoms with Gasteiger partial charge in [-0.05, 0) is 54.4 Å². The Morgan fingerprint density at radius 3 is 2.45 bits per heavy atom. The Morgan fingerprint density at radius 2 is 1.66 bits per heavy atom. The van der Waals surface area contributed by atoms with Crippen molar-refractivity contribution in [2.45, 2.75) is 13.0 Å². The van der Waals surface area contributed by atoms with Crippen molar-refractivity contribution in [2.24, 2.45) is 0 Å². The Hall–Kier alpha value is -3.86. The number of ether oxygens (including phenoxy) is 1. The van der Waals surface area contributed by atoms with Gasteiger partial charge in [-0.1, -0.05) is 30.3 Å². The van der Waals surface area contributed by atoms with E-state index in [1.54, 1.807) is 36.5 Å². The number of carbonyl (C=O) groups excluding carboxylic acids is 1. The molecule has 0 unspecified atom stereocenters. The summed E-state index contributed by atoms with van der Waals surface area (Å²) in [5, 5.41) is 3.41. The molecule has 5 heteroatoms. The van der Waals surface area contributed by atoms with Gasteiger partial charge in [0.15, 0.2) is 0 Å². The lowest BCUT2D eigenvalue weighted by Crippen LogP contribution is -2.23. The van der Waals surface area contributed by atoms with Crippen molar-refractivity contribution in [1.82, 2.24) is 4.57 Å². The number of hydrogen-bond donors (Lipinski definition) is 1. The van der Waals surface area contributed by atoms with Gasteiger partial charge in [0.1, 0.15) is 17.1 Å². The smallest absolute Gasteiger partial charge is 0.261 e. The van der Waals surface area contributed by atoms with Crippen LogP contribution >= 0.6 is 0 Å². The van der Waals surface area contributed by atoms with Crippen molar-refractivity contribution in [3.05, 3.63) is 100 Å². The fraction of sp³-hybridized carbons (Fsp3) is 0.0833. The molecule has 0 saturated heterocycles. The summed E-state index contributed by atoms with van der Waals surface area (Å²) in [6.07, 6.45) is 2.55. The molecule has 29 heavy (non-hydrogen) atoms. The molecule has 0 aliphatic carbocycles. The lowest BCUT2D eigenvalue weighted by atomic mass is 10.1. The van der Waals surface area contributed by atoms with Crippen LogP contribution in [0.5, 0.6) is 11.5 Å². The van der Waals surface area contributed by atoms with Gasteiger partial charge in [0.05, 0.1) is 5.52 Å². The predicted molar refractivity (Wildman–Crippen MR) is 113 cm³/mol. The number of nitrogens with zero attached hydrogens (tertiary/aromatic N) is 1. The van der Waals surface area contributed by atoms with E-state index in [0.717, 1.165) is 29.8 Å². The maximum Gasteiger partial charge on any atom is 0.261 e. The summed E-state index contributed by atoms with van der Waals surface area (Å²) in [6, 6.07) is 22.2. The number of hydrogen-bond acceptors (Lipinski definition) is 3. The van der Waals surface area contributed by atoms with Gasteiger partial charge in [0.25, 0.3) is 5.91 Å². The minimum Gasteiger partial charge on any atom is -0.457 e. The standard InChI is InChI=1S/C24H18N2O3/c27-23-20-8-4-5-16-13-14-26(22(16)20)15-21(23)24(28)25-17-9-11-19(12-10-17)29-18-6-2-1-3-7-18/h1-12,15H,13-14H2,(H,25,28). The summed E-state index contributed by atoms with van der Waals surface area (Å²) < 4.78 is 7.76. The number of benzene rings is 3. The molecular weight excluding hydrogens is 364 g/mol. The molecule has 0 saturated carbocycles. The second kappa shape index (κ2) is 6.95. The molecule has 5 rings (SSSR count). The SMILES string of the molecule is O=C(Nc1ccc(Oc2ccccc2)cc1)c1cn2c3c(cccc3c1=O)CC2. The van der Waals surface area contributed by atoms with Crippen LogP contribution in [0, 0.1) is 0 Å². The van der Waals surface area contributed by atoms with E-state index in [4.69, 9.17) is 4.74 Å². The molecule has 0 fully saturated rings. The van der Waals surface area contributed by atoms with Crippen LogP contribution in [0.2, 0.25) is 0 Å². The van der Waals surface area contributed by atoms with Gasteiger partial charge >= 0.3 is 0 Å². The number of nitrogens with one attached hydrogen (secondary N) is 1. The van der Waals surface area contributed by atoms with Crippen LogP contribution in [-0.2, 0) is 13.0 Å². The molecule has 142 valence electrons. The minimum absolute atomic E-state index is 0.154. The van der Waals surface area contributed by atoms with Gasteiger partial charge in [-0.15, -0.1) is 0 Å². The normalized spacial score (nSPS) is 12.1. The van der Waals surface area contributed by atoms with Crippen LogP contribution in [-0.4, -0.2) is 10.5 Å². The van der Waals surface area contributed by atoms with E-state index in [1.807, 2.05) is 47.0 Å². The molecule has 2 heterocycles. The summed E-state index contributed by atoms with van der Waals surface area (Å²) in [5.41, 5.74) is 2.62. The largest absolute Gasteiger partial charge is 0.457 e. The fourth-order valence-corrected chi connectivity index (χ4v) is 3.75. The third-order valence-electron chi connectivity index (χ3n) is 5.14. The van der Waals surface area contributed by atoms with E-state index in [9.17, 15) is 9.59 Å². The van der Waals surface area contributed by atoms with E-state index in [1.165, 1.54) is 0 Å². The molecule has 0 bridgehead atoms. The monoisotopic (exact) mass is 382 g/mol. The molecule has 1 aliphatic heterocycles. The second-order valence-electron chi connectivity index (χ2n) is 7.02. The number of pyridine rings is 1. The van der Waals surface area contributed by atoms with Gasteiger partial charge in [0.2, 0.25) is 5.43 Å². The number of rotatable bonds is 4. The third-order valence-corrected chi connectivity index (χ3v) is 5.14. The maximum atomic E-state index is 12.9. The predicted octanol–water partition coefficient (Wildman–Crippen LogP) is 4.60. The van der Waals surface area contributed by atoms with E-state index >= 15 is 0 Å². The lowest BCUT2D eigenvalue weighted by molar-refractivity contribution is 0.102. The van der Waals surface area contributed by atoms with Crippen LogP contribution in [0.1, 0.15) is 15.9 Å². The molecule has 1 amide bonds. The van der Waals surface area contributed by atoms with Gasteiger partial charge < -0.3 is 14.6 Å². The number of amides is 1. The molecule has 1 aromatic heterocycles. The first-order valence-electron chi connectivity index (χ1n) is 9.48. The number of aromatic nitrogens is 1. The summed E-state index contributed by atoms with van der Waals surface area (Å²) >= 11 is 0. The lowest BCUT2D eigenvalue weighted by Gasteiger charge is -2.10. The molecular formula is C24H18N2O3. The number of para-hydroxylation sites is 2. The molecule has 0 spiro atoms. The quantitative estimate of drug-likeness (QED) is 0.561. The van der Waals surface area contributed by atoms with Gasteiger partial charge in [0, 0.05) is 23.8 Å². The Kier molecular flexibility index (Phi) is 4.13. The van der Waals surface area contributed by atoms with Crippen molar-refractivity contribution in [2.75, 3.05) is 5.32 Å². The summed E-state index contributed by atoms with van der Waals surface area (Å²) in [4.78, 5) is 25.6. The zero-order valence-electron chi connectivity index (χ0n) is 15.6. The maximum absolute atomic E-state index is 12.9. The van der Waals surface area contributed by atoms with Gasteiger partial charge in [-0.2, -0.15) is 0 Å². The Bertz CT molecular complexity index is 1280. The van der Waals surface area contributed by atoms with Crippen LogP contribution < -0.4 is 15.5 Å². The number of carbonyl (C=O) groups is 1. The van der Waals surface area contributed by atoms with Crippen LogP contribution in [0.25, 0.3) is 10.9 Å². The Labute approximate surface area is 167 Å². The molecule has 5 nitrogen and oxygen atoms in total. The first-order valence-corrected chi connectivity index (χ1v) is 9.48. The summed E-state index contributed by atoms with van der Waals surface area (Å²) in [7, 11) is 0. The zero-order chi connectivity index (χ0) is 19.8. The Balaban J connectivity index is 1.39. The summed E-state index contributed by atoms with van der Waals surface area (Å²) in [5.74, 6) is 1.00. The first kappa shape index (κ1) is 17.3. The highest BCUT2D eigenvalue weighted by Gasteiger charge is 2.20. The minimum atomic E-state index is -0.408. The first-order chi connectivity index (χ1) is 14.2. The van der Waals surface area contributed by atoms with E-state index in [0.29, 0.717) is 16.8 Å². The average molecular weight is 382 g/mol. The topological polar surface area (TPSA) is 60.3 Å². The van der Waals surface area contributed by atoms with Crippen LogP contribution in [0.3, 0.4) is 0 Å². The van der Waals surface area contributed by atoms with Gasteiger partial charge in [-0.25, -0.2) is 0 Å². The molecule has 0 atom stereocenters. The summed E-state index contributed by atoms with van der Waals surface area (Å²) in [6.45, 7) is 0.780. The molecule has 4 aromatic rings. The van der Waals surface area contributed by atoms with Crippen molar-refractivity contribution in [3.8, 4) is 11.5 Å². The van der Waals surface area contributed by atoms with E-state index in [-0.39, 0.29) is 11.0 Å². The van der Waals surface area contributed by atoms with Crippen molar-refractivity contribution < 1.29 is 9.53 Å². The number of anilines is 1. The second-order valence-corrected chi connectivity index (χ2v) is 7.02. The van der Waals surface area contributed by atoms with Crippen molar-refractivity contribution in [1.29, 1.82) is 0 Å². The fourth-order valence-electron chi connectivity index (χ4n) is 3.75. The van der Waals surface area contributed by atoms with Crippen LogP contribution in [0.4, 0.5) is 5.69 Å². The highest BCUT2D eigenvalue weighted by atomic mass is 16.5. The molecule has 1 N–H and O–H groups in total. The zero-order valence-corrected chi connectivity index (χ0v) is 15.6. The number of aryl methyl sites for hydroxylation is 2. The highest BCUT2D eigenvalue weighted by molar-refractivity contribution is 6.06. The van der Waals surface area contributed by atoms with Gasteiger partial charge in [-0.3, -0.25) is 9.59 Å². The van der Waals surface area contributed by atoms with Crippen molar-refractivity contribution in [3.63, 3.8) is 0 Å². The third kappa shape index (κ3) is 3.17.